The van der Waals surface area contributed by atoms with E-state index in [1.165, 1.54) is 11.3 Å². The molecule has 3 heterocycles. The maximum Gasteiger partial charge on any atom is 0.259 e. The van der Waals surface area contributed by atoms with Crippen molar-refractivity contribution in [3.8, 4) is 0 Å². The fourth-order valence-electron chi connectivity index (χ4n) is 4.01. The van der Waals surface area contributed by atoms with Gasteiger partial charge in [0.2, 0.25) is 0 Å². The number of amides is 1. The van der Waals surface area contributed by atoms with Crippen LogP contribution >= 0.6 is 0 Å². The molecule has 146 valence electrons. The molecule has 0 spiro atoms. The van der Waals surface area contributed by atoms with E-state index in [-0.39, 0.29) is 5.91 Å². The number of hydrogen-bond donors (Lipinski definition) is 1. The van der Waals surface area contributed by atoms with E-state index in [1.54, 1.807) is 19.3 Å². The van der Waals surface area contributed by atoms with Gasteiger partial charge in [0.15, 0.2) is 11.5 Å². The number of carbonyl (C=O) groups is 1. The summed E-state index contributed by atoms with van der Waals surface area (Å²) in [6.07, 6.45) is 2.57. The summed E-state index contributed by atoms with van der Waals surface area (Å²) in [5.41, 5.74) is 5.16. The average Bonchev–Trinajstić information content (AvgIpc) is 3.39. The van der Waals surface area contributed by atoms with Crippen molar-refractivity contribution < 1.29 is 13.6 Å². The Bertz CT molecular complexity index is 1210. The Morgan fingerprint density at radius 2 is 2.10 bits per heavy atom. The molecule has 2 aromatic heterocycles. The molecular formula is C23H21N3O3. The number of rotatable bonds is 4. The standard InChI is InChI=1S/C23H21N3O3/c1-14-11-16-5-3-4-6-20(16)26(14)13-22-18(9-10-28-22)23(27)25-17-7-8-21-19(12-17)24-15(2)29-21/h3-10,12,14H,11,13H2,1-2H3,(H,25,27). The number of nitrogens with one attached hydrogen (secondary N) is 1. The van der Waals surface area contributed by atoms with Gasteiger partial charge in [-0.15, -0.1) is 0 Å². The molecule has 0 saturated carbocycles. The lowest BCUT2D eigenvalue weighted by atomic mass is 10.1. The average molecular weight is 387 g/mol. The van der Waals surface area contributed by atoms with E-state index in [1.807, 2.05) is 24.3 Å². The van der Waals surface area contributed by atoms with E-state index in [4.69, 9.17) is 8.83 Å². The number of furan rings is 1. The normalized spacial score (nSPS) is 15.7. The number of anilines is 2. The molecule has 6 heteroatoms. The number of oxazole rings is 1. The van der Waals surface area contributed by atoms with Gasteiger partial charge in [-0.05, 0) is 49.2 Å². The number of fused-ring (bicyclic) bond motifs is 2. The lowest BCUT2D eigenvalue weighted by Crippen LogP contribution is -2.29. The van der Waals surface area contributed by atoms with Gasteiger partial charge in [0.05, 0.1) is 18.4 Å². The molecule has 0 aliphatic carbocycles. The van der Waals surface area contributed by atoms with Crippen LogP contribution in [0.5, 0.6) is 0 Å². The van der Waals surface area contributed by atoms with Crippen LogP contribution in [-0.4, -0.2) is 16.9 Å². The van der Waals surface area contributed by atoms with Crippen LogP contribution in [0.4, 0.5) is 11.4 Å². The second kappa shape index (κ2) is 6.81. The molecule has 1 unspecified atom stereocenters. The summed E-state index contributed by atoms with van der Waals surface area (Å²) in [6, 6.07) is 15.9. The van der Waals surface area contributed by atoms with E-state index >= 15 is 0 Å². The summed E-state index contributed by atoms with van der Waals surface area (Å²) in [4.78, 5) is 19.5. The van der Waals surface area contributed by atoms with Gasteiger partial charge in [0.25, 0.3) is 5.91 Å². The van der Waals surface area contributed by atoms with Crippen LogP contribution in [0, 0.1) is 6.92 Å². The topological polar surface area (TPSA) is 71.5 Å². The van der Waals surface area contributed by atoms with Gasteiger partial charge in [-0.2, -0.15) is 0 Å². The minimum atomic E-state index is -0.201. The van der Waals surface area contributed by atoms with Crippen LogP contribution < -0.4 is 10.2 Å². The Labute approximate surface area is 168 Å². The zero-order chi connectivity index (χ0) is 20.0. The number of aryl methyl sites for hydroxylation is 1. The fraction of sp³-hybridized carbons (Fsp3) is 0.217. The SMILES string of the molecule is Cc1nc2cc(NC(=O)c3ccoc3CN3c4ccccc4CC3C)ccc2o1. The van der Waals surface area contributed by atoms with Gasteiger partial charge < -0.3 is 19.1 Å². The molecule has 1 N–H and O–H groups in total. The summed E-state index contributed by atoms with van der Waals surface area (Å²) in [6.45, 7) is 4.54. The van der Waals surface area contributed by atoms with Crippen molar-refractivity contribution in [1.82, 2.24) is 4.98 Å². The molecule has 5 rings (SSSR count). The maximum atomic E-state index is 12.9. The van der Waals surface area contributed by atoms with Gasteiger partial charge in [0.1, 0.15) is 11.3 Å². The molecule has 0 fully saturated rings. The molecule has 0 bridgehead atoms. The Morgan fingerprint density at radius 1 is 1.24 bits per heavy atom. The van der Waals surface area contributed by atoms with E-state index in [9.17, 15) is 4.79 Å². The molecule has 0 saturated heterocycles. The first-order valence-corrected chi connectivity index (χ1v) is 9.68. The van der Waals surface area contributed by atoms with E-state index < -0.39 is 0 Å². The first-order valence-electron chi connectivity index (χ1n) is 9.68. The molecular weight excluding hydrogens is 366 g/mol. The highest BCUT2D eigenvalue weighted by Gasteiger charge is 2.28. The van der Waals surface area contributed by atoms with Crippen molar-refractivity contribution in [2.24, 2.45) is 0 Å². The number of carbonyl (C=O) groups excluding carboxylic acids is 1. The van der Waals surface area contributed by atoms with Crippen molar-refractivity contribution in [2.75, 3.05) is 10.2 Å². The maximum absolute atomic E-state index is 12.9. The second-order valence-corrected chi connectivity index (χ2v) is 7.44. The lowest BCUT2D eigenvalue weighted by molar-refractivity contribution is 0.102. The number of aromatic nitrogens is 1. The van der Waals surface area contributed by atoms with Crippen molar-refractivity contribution in [3.63, 3.8) is 0 Å². The molecule has 0 radical (unpaired) electrons. The predicted molar refractivity (Wildman–Crippen MR) is 111 cm³/mol. The Hall–Kier alpha value is -3.54. The molecule has 1 aliphatic rings. The zero-order valence-corrected chi connectivity index (χ0v) is 16.3. The fourth-order valence-corrected chi connectivity index (χ4v) is 4.01. The molecule has 1 amide bonds. The van der Waals surface area contributed by atoms with Gasteiger partial charge in [-0.25, -0.2) is 4.98 Å². The summed E-state index contributed by atoms with van der Waals surface area (Å²) >= 11 is 0. The molecule has 2 aromatic carbocycles. The third-order valence-electron chi connectivity index (χ3n) is 5.40. The number of nitrogens with zero attached hydrogens (tertiary/aromatic N) is 2. The van der Waals surface area contributed by atoms with Crippen LogP contribution in [0.2, 0.25) is 0 Å². The van der Waals surface area contributed by atoms with Crippen LogP contribution in [0.25, 0.3) is 11.1 Å². The number of hydrogen-bond acceptors (Lipinski definition) is 5. The summed E-state index contributed by atoms with van der Waals surface area (Å²) in [7, 11) is 0. The monoisotopic (exact) mass is 387 g/mol. The lowest BCUT2D eigenvalue weighted by Gasteiger charge is -2.24. The molecule has 1 atom stereocenters. The van der Waals surface area contributed by atoms with Crippen LogP contribution in [-0.2, 0) is 13.0 Å². The van der Waals surface area contributed by atoms with Gasteiger partial charge in [-0.1, -0.05) is 18.2 Å². The van der Waals surface area contributed by atoms with Crippen molar-refractivity contribution in [3.05, 3.63) is 77.6 Å². The van der Waals surface area contributed by atoms with Crippen LogP contribution in [0.15, 0.2) is 63.6 Å². The highest BCUT2D eigenvalue weighted by atomic mass is 16.3. The number of para-hydroxylation sites is 1. The minimum Gasteiger partial charge on any atom is -0.467 e. The number of benzene rings is 2. The second-order valence-electron chi connectivity index (χ2n) is 7.44. The molecule has 4 aromatic rings. The van der Waals surface area contributed by atoms with E-state index in [0.29, 0.717) is 41.1 Å². The highest BCUT2D eigenvalue weighted by molar-refractivity contribution is 6.05. The molecule has 6 nitrogen and oxygen atoms in total. The summed E-state index contributed by atoms with van der Waals surface area (Å²) in [5.74, 6) is 1.05. The third-order valence-corrected chi connectivity index (χ3v) is 5.40. The minimum absolute atomic E-state index is 0.201. The largest absolute Gasteiger partial charge is 0.467 e. The first-order chi connectivity index (χ1) is 14.1. The van der Waals surface area contributed by atoms with Gasteiger partial charge in [0, 0.05) is 24.3 Å². The van der Waals surface area contributed by atoms with E-state index in [0.717, 1.165) is 11.9 Å². The first kappa shape index (κ1) is 17.6. The smallest absolute Gasteiger partial charge is 0.259 e. The summed E-state index contributed by atoms with van der Waals surface area (Å²) < 4.78 is 11.2. The van der Waals surface area contributed by atoms with Crippen molar-refractivity contribution in [1.29, 1.82) is 0 Å². The van der Waals surface area contributed by atoms with E-state index in [2.05, 4.69) is 40.3 Å². The van der Waals surface area contributed by atoms with Crippen molar-refractivity contribution >= 4 is 28.4 Å². The van der Waals surface area contributed by atoms with Crippen molar-refractivity contribution in [2.45, 2.75) is 32.9 Å². The third kappa shape index (κ3) is 3.16. The Morgan fingerprint density at radius 3 is 3.00 bits per heavy atom. The van der Waals surface area contributed by atoms with Gasteiger partial charge >= 0.3 is 0 Å². The Balaban J connectivity index is 1.37. The van der Waals surface area contributed by atoms with Gasteiger partial charge in [-0.3, -0.25) is 4.79 Å². The zero-order valence-electron chi connectivity index (χ0n) is 16.3. The predicted octanol–water partition coefficient (Wildman–Crippen LogP) is 4.93. The van der Waals surface area contributed by atoms with Crippen LogP contribution in [0.1, 0.15) is 34.5 Å². The summed E-state index contributed by atoms with van der Waals surface area (Å²) in [5, 5.41) is 2.94. The molecule has 29 heavy (non-hydrogen) atoms. The molecule has 1 aliphatic heterocycles. The van der Waals surface area contributed by atoms with Crippen LogP contribution in [0.3, 0.4) is 0 Å². The Kier molecular flexibility index (Phi) is 4.12. The quantitative estimate of drug-likeness (QED) is 0.537. The highest BCUT2D eigenvalue weighted by Crippen LogP contribution is 2.33.